The molecule has 2 nitrogen and oxygen atoms in total. The van der Waals surface area contributed by atoms with E-state index in [-0.39, 0.29) is 0 Å². The van der Waals surface area contributed by atoms with Crippen molar-refractivity contribution in [2.24, 2.45) is 0 Å². The van der Waals surface area contributed by atoms with Gasteiger partial charge >= 0.3 is 0 Å². The molecule has 1 aromatic heterocycles. The van der Waals surface area contributed by atoms with E-state index in [1.807, 2.05) is 6.07 Å². The van der Waals surface area contributed by atoms with E-state index in [1.165, 1.54) is 49.2 Å². The van der Waals surface area contributed by atoms with Crippen LogP contribution >= 0.6 is 0 Å². The average molecular weight is 588 g/mol. The van der Waals surface area contributed by atoms with Gasteiger partial charge in [0.1, 0.15) is 11.2 Å². The SMILES string of the molecule is c1ccc(-c2ccc(N(c3ccc4ccc5ccc6oc7ccccc7c6c5c4c3)c3ccccc3-c3ccccc3)cc2)cc1. The molecule has 0 saturated heterocycles. The minimum atomic E-state index is 0.911. The Kier molecular flexibility index (Phi) is 6.17. The van der Waals surface area contributed by atoms with Crippen molar-refractivity contribution in [3.8, 4) is 22.3 Å². The molecule has 0 unspecified atom stereocenters. The summed E-state index contributed by atoms with van der Waals surface area (Å²) in [6.07, 6.45) is 0. The second kappa shape index (κ2) is 10.8. The Hall–Kier alpha value is -6.12. The lowest BCUT2D eigenvalue weighted by molar-refractivity contribution is 0.669. The summed E-state index contributed by atoms with van der Waals surface area (Å²) >= 11 is 0. The van der Waals surface area contributed by atoms with Crippen LogP contribution in [0.1, 0.15) is 0 Å². The maximum Gasteiger partial charge on any atom is 0.136 e. The molecule has 0 aliphatic heterocycles. The molecular weight excluding hydrogens is 558 g/mol. The topological polar surface area (TPSA) is 16.4 Å². The monoisotopic (exact) mass is 587 g/mol. The summed E-state index contributed by atoms with van der Waals surface area (Å²) in [4.78, 5) is 2.39. The average Bonchev–Trinajstić information content (AvgIpc) is 3.52. The molecule has 0 spiro atoms. The van der Waals surface area contributed by atoms with Gasteiger partial charge in [0.15, 0.2) is 0 Å². The van der Waals surface area contributed by atoms with E-state index in [4.69, 9.17) is 4.42 Å². The number of anilines is 3. The molecule has 0 aliphatic rings. The summed E-state index contributed by atoms with van der Waals surface area (Å²) in [5.41, 5.74) is 9.91. The van der Waals surface area contributed by atoms with Crippen LogP contribution < -0.4 is 4.90 Å². The smallest absolute Gasteiger partial charge is 0.136 e. The largest absolute Gasteiger partial charge is 0.456 e. The van der Waals surface area contributed by atoms with Crippen molar-refractivity contribution >= 4 is 60.5 Å². The number of hydrogen-bond donors (Lipinski definition) is 0. The predicted octanol–water partition coefficient (Wildman–Crippen LogP) is 12.7. The molecule has 0 atom stereocenters. The predicted molar refractivity (Wildman–Crippen MR) is 194 cm³/mol. The van der Waals surface area contributed by atoms with E-state index in [9.17, 15) is 0 Å². The van der Waals surface area contributed by atoms with Gasteiger partial charge in [0, 0.05) is 33.1 Å². The van der Waals surface area contributed by atoms with Gasteiger partial charge in [0.25, 0.3) is 0 Å². The molecule has 0 radical (unpaired) electrons. The quantitative estimate of drug-likeness (QED) is 0.186. The summed E-state index contributed by atoms with van der Waals surface area (Å²) in [5.74, 6) is 0. The third-order valence-corrected chi connectivity index (χ3v) is 9.04. The normalized spacial score (nSPS) is 11.5. The fourth-order valence-corrected chi connectivity index (χ4v) is 6.88. The summed E-state index contributed by atoms with van der Waals surface area (Å²) in [6, 6.07) is 62.7. The van der Waals surface area contributed by atoms with Gasteiger partial charge < -0.3 is 9.32 Å². The lowest BCUT2D eigenvalue weighted by Gasteiger charge is -2.28. The highest BCUT2D eigenvalue weighted by Gasteiger charge is 2.19. The molecular formula is C44H29NO. The number of hydrogen-bond acceptors (Lipinski definition) is 2. The van der Waals surface area contributed by atoms with Gasteiger partial charge in [-0.2, -0.15) is 0 Å². The second-order valence-corrected chi connectivity index (χ2v) is 11.7. The van der Waals surface area contributed by atoms with Gasteiger partial charge in [-0.25, -0.2) is 0 Å². The Labute approximate surface area is 267 Å². The Morgan fingerprint density at radius 3 is 1.80 bits per heavy atom. The van der Waals surface area contributed by atoms with E-state index in [0.717, 1.165) is 33.6 Å². The number of nitrogens with zero attached hydrogens (tertiary/aromatic N) is 1. The van der Waals surface area contributed by atoms with E-state index in [2.05, 4.69) is 175 Å². The van der Waals surface area contributed by atoms with Crippen molar-refractivity contribution in [2.45, 2.75) is 0 Å². The molecule has 9 rings (SSSR count). The minimum Gasteiger partial charge on any atom is -0.456 e. The highest BCUT2D eigenvalue weighted by Crippen LogP contribution is 2.44. The summed E-state index contributed by atoms with van der Waals surface area (Å²) in [7, 11) is 0. The highest BCUT2D eigenvalue weighted by atomic mass is 16.3. The Morgan fingerprint density at radius 1 is 0.370 bits per heavy atom. The number of rotatable bonds is 5. The van der Waals surface area contributed by atoms with Crippen molar-refractivity contribution < 1.29 is 4.42 Å². The van der Waals surface area contributed by atoms with Crippen LogP contribution in [0.15, 0.2) is 180 Å². The van der Waals surface area contributed by atoms with E-state index in [0.29, 0.717) is 0 Å². The van der Waals surface area contributed by atoms with Crippen LogP contribution in [0.5, 0.6) is 0 Å². The summed E-state index contributed by atoms with van der Waals surface area (Å²) < 4.78 is 6.33. The Morgan fingerprint density at radius 2 is 0.978 bits per heavy atom. The van der Waals surface area contributed by atoms with E-state index >= 15 is 0 Å². The molecule has 0 amide bonds. The van der Waals surface area contributed by atoms with E-state index in [1.54, 1.807) is 0 Å². The first-order chi connectivity index (χ1) is 22.8. The van der Waals surface area contributed by atoms with Crippen LogP contribution in [0.3, 0.4) is 0 Å². The van der Waals surface area contributed by atoms with Crippen molar-refractivity contribution in [1.29, 1.82) is 0 Å². The maximum absolute atomic E-state index is 6.33. The van der Waals surface area contributed by atoms with Crippen LogP contribution in [0.4, 0.5) is 17.1 Å². The summed E-state index contributed by atoms with van der Waals surface area (Å²) in [6.45, 7) is 0. The number of benzene rings is 8. The highest BCUT2D eigenvalue weighted by molar-refractivity contribution is 6.27. The Balaban J connectivity index is 1.31. The zero-order valence-electron chi connectivity index (χ0n) is 25.1. The molecule has 9 aromatic rings. The van der Waals surface area contributed by atoms with Crippen molar-refractivity contribution in [2.75, 3.05) is 4.90 Å². The number of fused-ring (bicyclic) bond motifs is 7. The fourth-order valence-electron chi connectivity index (χ4n) is 6.88. The van der Waals surface area contributed by atoms with Crippen molar-refractivity contribution in [1.82, 2.24) is 0 Å². The molecule has 0 aliphatic carbocycles. The molecule has 2 heteroatoms. The lowest BCUT2D eigenvalue weighted by Crippen LogP contribution is -2.11. The molecule has 216 valence electrons. The van der Waals surface area contributed by atoms with Gasteiger partial charge in [-0.1, -0.05) is 133 Å². The number of furan rings is 1. The van der Waals surface area contributed by atoms with Crippen molar-refractivity contribution in [3.63, 3.8) is 0 Å². The van der Waals surface area contributed by atoms with Crippen LogP contribution in [-0.2, 0) is 0 Å². The van der Waals surface area contributed by atoms with Crippen LogP contribution in [-0.4, -0.2) is 0 Å². The first-order valence-corrected chi connectivity index (χ1v) is 15.7. The zero-order valence-corrected chi connectivity index (χ0v) is 25.1. The molecule has 0 fully saturated rings. The third kappa shape index (κ3) is 4.35. The molecule has 1 heterocycles. The zero-order chi connectivity index (χ0) is 30.5. The second-order valence-electron chi connectivity index (χ2n) is 11.7. The van der Waals surface area contributed by atoms with Gasteiger partial charge in [-0.3, -0.25) is 0 Å². The molecule has 8 aromatic carbocycles. The lowest BCUT2D eigenvalue weighted by atomic mass is 9.96. The van der Waals surface area contributed by atoms with Crippen LogP contribution in [0.25, 0.3) is 65.7 Å². The molecule has 0 N–H and O–H groups in total. The first-order valence-electron chi connectivity index (χ1n) is 15.7. The molecule has 46 heavy (non-hydrogen) atoms. The standard InChI is InChI=1S/C44H29NO/c1-3-11-30(12-4-1)31-21-25-35(26-22-31)45(40-17-9-7-15-37(40)32-13-5-2-6-14-32)36-27-23-33-19-20-34-24-28-42-44(43(34)39(33)29-36)38-16-8-10-18-41(38)46-42/h1-29H. The minimum absolute atomic E-state index is 0.911. The number of para-hydroxylation sites is 2. The van der Waals surface area contributed by atoms with E-state index < -0.39 is 0 Å². The molecule has 0 saturated carbocycles. The first kappa shape index (κ1) is 26.3. The van der Waals surface area contributed by atoms with Gasteiger partial charge in [0.05, 0.1) is 5.69 Å². The van der Waals surface area contributed by atoms with Gasteiger partial charge in [-0.05, 0) is 75.3 Å². The fraction of sp³-hybridized carbons (Fsp3) is 0. The maximum atomic E-state index is 6.33. The van der Waals surface area contributed by atoms with Gasteiger partial charge in [0.2, 0.25) is 0 Å². The van der Waals surface area contributed by atoms with Crippen molar-refractivity contribution in [3.05, 3.63) is 176 Å². The Bertz CT molecular complexity index is 2510. The molecule has 0 bridgehead atoms. The van der Waals surface area contributed by atoms with Gasteiger partial charge in [-0.15, -0.1) is 0 Å². The van der Waals surface area contributed by atoms with Crippen LogP contribution in [0, 0.1) is 0 Å². The summed E-state index contributed by atoms with van der Waals surface area (Å²) in [5, 5.41) is 7.13. The third-order valence-electron chi connectivity index (χ3n) is 9.04. The van der Waals surface area contributed by atoms with Crippen LogP contribution in [0.2, 0.25) is 0 Å².